The highest BCUT2D eigenvalue weighted by Gasteiger charge is 2.09. The largest absolute Gasteiger partial charge is 0.311 e. The van der Waals surface area contributed by atoms with Crippen LogP contribution in [0.5, 0.6) is 0 Å². The van der Waals surface area contributed by atoms with Crippen LogP contribution in [-0.2, 0) is 6.54 Å². The lowest BCUT2D eigenvalue weighted by molar-refractivity contribution is 0.509. The molecule has 0 amide bonds. The van der Waals surface area contributed by atoms with Gasteiger partial charge in [-0.1, -0.05) is 13.8 Å². The third kappa shape index (κ3) is 4.29. The van der Waals surface area contributed by atoms with Gasteiger partial charge in [0, 0.05) is 17.8 Å². The predicted octanol–water partition coefficient (Wildman–Crippen LogP) is 3.48. The molecule has 1 aromatic carbocycles. The van der Waals surface area contributed by atoms with Crippen molar-refractivity contribution in [2.75, 3.05) is 6.54 Å². The SMILES string of the molecule is Cc1cc(CNCC(C)C)nc(-c2ccc(F)c(F)c2)n1. The third-order valence-electron chi connectivity index (χ3n) is 2.94. The summed E-state index contributed by atoms with van der Waals surface area (Å²) in [6.07, 6.45) is 0. The van der Waals surface area contributed by atoms with Gasteiger partial charge < -0.3 is 5.32 Å². The monoisotopic (exact) mass is 291 g/mol. The van der Waals surface area contributed by atoms with Crippen molar-refractivity contribution in [3.05, 3.63) is 47.3 Å². The van der Waals surface area contributed by atoms with Gasteiger partial charge in [-0.3, -0.25) is 0 Å². The Morgan fingerprint density at radius 2 is 1.86 bits per heavy atom. The van der Waals surface area contributed by atoms with E-state index in [4.69, 9.17) is 0 Å². The Morgan fingerprint density at radius 1 is 1.10 bits per heavy atom. The Hall–Kier alpha value is -1.88. The van der Waals surface area contributed by atoms with Crippen molar-refractivity contribution in [2.45, 2.75) is 27.3 Å². The topological polar surface area (TPSA) is 37.8 Å². The van der Waals surface area contributed by atoms with Gasteiger partial charge in [0.25, 0.3) is 0 Å². The van der Waals surface area contributed by atoms with Gasteiger partial charge in [-0.15, -0.1) is 0 Å². The lowest BCUT2D eigenvalue weighted by Gasteiger charge is -2.09. The number of aromatic nitrogens is 2. The van der Waals surface area contributed by atoms with Gasteiger partial charge in [0.15, 0.2) is 17.5 Å². The van der Waals surface area contributed by atoms with Crippen molar-refractivity contribution in [3.8, 4) is 11.4 Å². The minimum Gasteiger partial charge on any atom is -0.311 e. The molecule has 0 bridgehead atoms. The number of nitrogens with one attached hydrogen (secondary N) is 1. The Bertz CT molecular complexity index is 627. The van der Waals surface area contributed by atoms with E-state index in [1.807, 2.05) is 13.0 Å². The van der Waals surface area contributed by atoms with Crippen LogP contribution in [0.15, 0.2) is 24.3 Å². The summed E-state index contributed by atoms with van der Waals surface area (Å²) in [7, 11) is 0. The molecular weight excluding hydrogens is 272 g/mol. The first kappa shape index (κ1) is 15.5. The van der Waals surface area contributed by atoms with Crippen molar-refractivity contribution in [1.82, 2.24) is 15.3 Å². The van der Waals surface area contributed by atoms with E-state index in [2.05, 4.69) is 29.1 Å². The highest BCUT2D eigenvalue weighted by Crippen LogP contribution is 2.19. The van der Waals surface area contributed by atoms with Crippen LogP contribution in [-0.4, -0.2) is 16.5 Å². The highest BCUT2D eigenvalue weighted by molar-refractivity contribution is 5.55. The van der Waals surface area contributed by atoms with Gasteiger partial charge in [0.05, 0.1) is 5.69 Å². The molecule has 0 fully saturated rings. The fourth-order valence-electron chi connectivity index (χ4n) is 1.98. The molecule has 0 aliphatic heterocycles. The zero-order valence-electron chi connectivity index (χ0n) is 12.5. The molecule has 0 saturated heterocycles. The van der Waals surface area contributed by atoms with Gasteiger partial charge in [-0.05, 0) is 43.7 Å². The maximum absolute atomic E-state index is 13.3. The summed E-state index contributed by atoms with van der Waals surface area (Å²) in [4.78, 5) is 8.70. The molecule has 1 heterocycles. The van der Waals surface area contributed by atoms with E-state index < -0.39 is 11.6 Å². The minimum absolute atomic E-state index is 0.412. The van der Waals surface area contributed by atoms with Crippen LogP contribution in [0, 0.1) is 24.5 Å². The smallest absolute Gasteiger partial charge is 0.159 e. The number of rotatable bonds is 5. The second-order valence-electron chi connectivity index (χ2n) is 5.48. The fraction of sp³-hybridized carbons (Fsp3) is 0.375. The van der Waals surface area contributed by atoms with E-state index in [-0.39, 0.29) is 0 Å². The molecule has 0 unspecified atom stereocenters. The summed E-state index contributed by atoms with van der Waals surface area (Å²) in [6.45, 7) is 7.63. The molecule has 5 heteroatoms. The van der Waals surface area contributed by atoms with E-state index >= 15 is 0 Å². The Morgan fingerprint density at radius 3 is 2.52 bits per heavy atom. The van der Waals surface area contributed by atoms with Gasteiger partial charge in [0.2, 0.25) is 0 Å². The van der Waals surface area contributed by atoms with E-state index in [9.17, 15) is 8.78 Å². The lowest BCUT2D eigenvalue weighted by Crippen LogP contribution is -2.20. The van der Waals surface area contributed by atoms with E-state index in [0.717, 1.165) is 30.1 Å². The van der Waals surface area contributed by atoms with Crippen LogP contribution >= 0.6 is 0 Å². The Labute approximate surface area is 123 Å². The molecule has 21 heavy (non-hydrogen) atoms. The summed E-state index contributed by atoms with van der Waals surface area (Å²) in [5.41, 5.74) is 2.11. The van der Waals surface area contributed by atoms with Gasteiger partial charge in [-0.25, -0.2) is 18.7 Å². The average molecular weight is 291 g/mol. The number of benzene rings is 1. The molecule has 1 N–H and O–H groups in total. The fourth-order valence-corrected chi connectivity index (χ4v) is 1.98. The standard InChI is InChI=1S/C16H19F2N3/c1-10(2)8-19-9-13-6-11(3)20-16(21-13)12-4-5-14(17)15(18)7-12/h4-7,10,19H,8-9H2,1-3H3. The molecule has 0 aliphatic carbocycles. The molecule has 0 aliphatic rings. The first-order valence-corrected chi connectivity index (χ1v) is 6.96. The van der Waals surface area contributed by atoms with Crippen LogP contribution in [0.3, 0.4) is 0 Å². The number of halogens is 2. The summed E-state index contributed by atoms with van der Waals surface area (Å²) in [5, 5.41) is 3.30. The molecule has 3 nitrogen and oxygen atoms in total. The van der Waals surface area contributed by atoms with Crippen LogP contribution in [0.25, 0.3) is 11.4 Å². The number of nitrogens with zero attached hydrogens (tertiary/aromatic N) is 2. The minimum atomic E-state index is -0.892. The Kier molecular flexibility index (Phi) is 4.96. The molecule has 0 radical (unpaired) electrons. The lowest BCUT2D eigenvalue weighted by atomic mass is 10.2. The maximum Gasteiger partial charge on any atom is 0.159 e. The summed E-state index contributed by atoms with van der Waals surface area (Å²) in [6, 6.07) is 5.58. The molecule has 112 valence electrons. The van der Waals surface area contributed by atoms with E-state index in [0.29, 0.717) is 23.9 Å². The van der Waals surface area contributed by atoms with E-state index in [1.54, 1.807) is 0 Å². The van der Waals surface area contributed by atoms with Crippen molar-refractivity contribution in [2.24, 2.45) is 5.92 Å². The summed E-state index contributed by atoms with van der Waals surface area (Å²) < 4.78 is 26.3. The zero-order valence-corrected chi connectivity index (χ0v) is 12.5. The zero-order chi connectivity index (χ0) is 15.4. The maximum atomic E-state index is 13.3. The van der Waals surface area contributed by atoms with Crippen molar-refractivity contribution in [1.29, 1.82) is 0 Å². The number of hydrogen-bond donors (Lipinski definition) is 1. The summed E-state index contributed by atoms with van der Waals surface area (Å²) >= 11 is 0. The average Bonchev–Trinajstić information content (AvgIpc) is 2.41. The molecule has 0 spiro atoms. The van der Waals surface area contributed by atoms with Crippen LogP contribution in [0.1, 0.15) is 25.2 Å². The van der Waals surface area contributed by atoms with Gasteiger partial charge in [0.1, 0.15) is 0 Å². The quantitative estimate of drug-likeness (QED) is 0.916. The third-order valence-corrected chi connectivity index (χ3v) is 2.94. The van der Waals surface area contributed by atoms with Crippen molar-refractivity contribution in [3.63, 3.8) is 0 Å². The highest BCUT2D eigenvalue weighted by atomic mass is 19.2. The van der Waals surface area contributed by atoms with E-state index in [1.165, 1.54) is 6.07 Å². The molecule has 1 aromatic heterocycles. The number of hydrogen-bond acceptors (Lipinski definition) is 3. The first-order chi connectivity index (χ1) is 9.95. The van der Waals surface area contributed by atoms with Crippen LogP contribution in [0.2, 0.25) is 0 Å². The second kappa shape index (κ2) is 6.72. The summed E-state index contributed by atoms with van der Waals surface area (Å²) in [5.74, 6) is -0.795. The van der Waals surface area contributed by atoms with Crippen LogP contribution in [0.4, 0.5) is 8.78 Å². The first-order valence-electron chi connectivity index (χ1n) is 6.96. The molecule has 2 rings (SSSR count). The molecule has 0 saturated carbocycles. The molecule has 0 atom stereocenters. The van der Waals surface area contributed by atoms with Gasteiger partial charge >= 0.3 is 0 Å². The second-order valence-corrected chi connectivity index (χ2v) is 5.48. The van der Waals surface area contributed by atoms with Gasteiger partial charge in [-0.2, -0.15) is 0 Å². The Balaban J connectivity index is 2.23. The van der Waals surface area contributed by atoms with Crippen molar-refractivity contribution < 1.29 is 8.78 Å². The normalized spacial score (nSPS) is 11.1. The predicted molar refractivity (Wildman–Crippen MR) is 78.7 cm³/mol. The van der Waals surface area contributed by atoms with Crippen LogP contribution < -0.4 is 5.32 Å². The van der Waals surface area contributed by atoms with Crippen molar-refractivity contribution >= 4 is 0 Å². The molecule has 2 aromatic rings. The molecular formula is C16H19F2N3. The number of aryl methyl sites for hydroxylation is 1.